The van der Waals surface area contributed by atoms with Gasteiger partial charge in [-0.1, -0.05) is 35.9 Å². The lowest BCUT2D eigenvalue weighted by Crippen LogP contribution is -2.42. The van der Waals surface area contributed by atoms with Gasteiger partial charge in [-0.25, -0.2) is 8.93 Å². The number of hydrogen-bond acceptors (Lipinski definition) is 6. The third-order valence-electron chi connectivity index (χ3n) is 7.82. The van der Waals surface area contributed by atoms with Crippen LogP contribution < -0.4 is 15.2 Å². The summed E-state index contributed by atoms with van der Waals surface area (Å²) in [6.45, 7) is 7.95. The molecule has 3 unspecified atom stereocenters. The van der Waals surface area contributed by atoms with Crippen LogP contribution in [0.1, 0.15) is 80.4 Å². The van der Waals surface area contributed by atoms with E-state index in [9.17, 15) is 22.2 Å². The van der Waals surface area contributed by atoms with Gasteiger partial charge in [0.05, 0.1) is 39.9 Å². The van der Waals surface area contributed by atoms with Crippen LogP contribution in [0, 0.1) is 6.92 Å². The van der Waals surface area contributed by atoms with Crippen LogP contribution in [0.4, 0.5) is 18.9 Å². The molecule has 0 bridgehead atoms. The van der Waals surface area contributed by atoms with E-state index in [4.69, 9.17) is 16.3 Å². The second kappa shape index (κ2) is 12.3. The van der Waals surface area contributed by atoms with Gasteiger partial charge in [0.15, 0.2) is 12.3 Å². The quantitative estimate of drug-likeness (QED) is 0.373. The molecule has 0 saturated carbocycles. The van der Waals surface area contributed by atoms with Crippen molar-refractivity contribution in [2.24, 2.45) is 0 Å². The van der Waals surface area contributed by atoms with E-state index in [0.717, 1.165) is 24.0 Å². The summed E-state index contributed by atoms with van der Waals surface area (Å²) >= 11 is 6.58. The summed E-state index contributed by atoms with van der Waals surface area (Å²) in [5.74, 6) is 0. The van der Waals surface area contributed by atoms with E-state index >= 15 is 0 Å². The van der Waals surface area contributed by atoms with Crippen LogP contribution in [0.2, 0.25) is 5.02 Å². The number of fused-ring (bicyclic) bond motifs is 1. The van der Waals surface area contributed by atoms with Crippen LogP contribution in [-0.4, -0.2) is 47.8 Å². The fourth-order valence-corrected chi connectivity index (χ4v) is 6.44. The summed E-state index contributed by atoms with van der Waals surface area (Å²) in [5.41, 5.74) is 2.50. The summed E-state index contributed by atoms with van der Waals surface area (Å²) in [6, 6.07) is 5.37. The Bertz CT molecular complexity index is 1560. The number of anilines is 1. The molecule has 1 saturated heterocycles. The summed E-state index contributed by atoms with van der Waals surface area (Å²) in [7, 11) is -2.02. The summed E-state index contributed by atoms with van der Waals surface area (Å²) < 4.78 is 66.8. The van der Waals surface area contributed by atoms with Crippen molar-refractivity contribution in [2.45, 2.75) is 89.7 Å². The van der Waals surface area contributed by atoms with Crippen molar-refractivity contribution < 1.29 is 22.1 Å². The average Bonchev–Trinajstić information content (AvgIpc) is 3.30. The zero-order valence-corrected chi connectivity index (χ0v) is 26.2. The van der Waals surface area contributed by atoms with Gasteiger partial charge in [0.1, 0.15) is 5.02 Å². The highest BCUT2D eigenvalue weighted by Crippen LogP contribution is 2.39. The Morgan fingerprint density at radius 2 is 1.95 bits per heavy atom. The number of alkyl halides is 3. The molecule has 0 radical (unpaired) electrons. The molecule has 2 aromatic heterocycles. The first-order chi connectivity index (χ1) is 20.3. The highest BCUT2D eigenvalue weighted by Gasteiger charge is 2.47. The number of hydrogen-bond donors (Lipinski definition) is 1. The van der Waals surface area contributed by atoms with Crippen molar-refractivity contribution in [2.75, 3.05) is 18.1 Å². The van der Waals surface area contributed by atoms with Crippen LogP contribution >= 0.6 is 11.6 Å². The van der Waals surface area contributed by atoms with Gasteiger partial charge in [0.25, 0.3) is 5.56 Å². The predicted octanol–water partition coefficient (Wildman–Crippen LogP) is 5.37. The van der Waals surface area contributed by atoms with Crippen LogP contribution in [0.15, 0.2) is 35.3 Å². The van der Waals surface area contributed by atoms with E-state index in [0.29, 0.717) is 42.9 Å². The fourth-order valence-electron chi connectivity index (χ4n) is 5.37. The van der Waals surface area contributed by atoms with Crippen molar-refractivity contribution >= 4 is 28.3 Å². The van der Waals surface area contributed by atoms with E-state index in [1.807, 2.05) is 31.2 Å². The van der Waals surface area contributed by atoms with Crippen molar-refractivity contribution in [3.63, 3.8) is 0 Å². The lowest BCUT2D eigenvalue weighted by molar-refractivity contribution is -0.153. The number of nitrogens with one attached hydrogen (secondary N) is 1. The standard InChI is InChI=1S/C29H36ClF3N6O3S/c1-18-9-5-6-10-19(18)16-38-21-12-13-37(22-15-34-39(27(40)24(22)30)23-11-7-8-14-42-23)17-20(21)25(35-38)26(29(31,32)33)36-43(41)28(2,3)4/h5-6,9-10,15,23,26,36H,7-8,11-14,16-17H2,1-4H3. The van der Waals surface area contributed by atoms with E-state index in [-0.39, 0.29) is 23.8 Å². The first-order valence-corrected chi connectivity index (χ1v) is 15.8. The van der Waals surface area contributed by atoms with Gasteiger partial charge in [-0.05, 0) is 58.1 Å². The van der Waals surface area contributed by atoms with Gasteiger partial charge in [0.2, 0.25) is 0 Å². The Morgan fingerprint density at radius 1 is 1.21 bits per heavy atom. The summed E-state index contributed by atoms with van der Waals surface area (Å²) in [4.78, 5) is 14.9. The maximum atomic E-state index is 14.6. The van der Waals surface area contributed by atoms with Crippen LogP contribution in [0.5, 0.6) is 0 Å². The predicted molar refractivity (Wildman–Crippen MR) is 159 cm³/mol. The molecule has 0 aliphatic carbocycles. The normalized spacial score (nSPS) is 19.3. The number of aryl methyl sites for hydroxylation is 1. The minimum atomic E-state index is -4.78. The number of nitrogens with zero attached hydrogens (tertiary/aromatic N) is 5. The van der Waals surface area contributed by atoms with Crippen molar-refractivity contribution in [1.82, 2.24) is 24.3 Å². The van der Waals surface area contributed by atoms with Crippen molar-refractivity contribution in [3.8, 4) is 0 Å². The highest BCUT2D eigenvalue weighted by atomic mass is 35.5. The molecule has 234 valence electrons. The molecule has 14 heteroatoms. The van der Waals surface area contributed by atoms with Crippen LogP contribution in [0.3, 0.4) is 0 Å². The molecule has 1 N–H and O–H groups in total. The average molecular weight is 641 g/mol. The zero-order valence-electron chi connectivity index (χ0n) is 24.6. The zero-order chi connectivity index (χ0) is 31.1. The molecule has 2 aliphatic heterocycles. The number of ether oxygens (including phenoxy) is 1. The number of benzene rings is 1. The van der Waals surface area contributed by atoms with E-state index in [1.54, 1.807) is 30.4 Å². The second-order valence-electron chi connectivity index (χ2n) is 12.0. The third-order valence-corrected chi connectivity index (χ3v) is 9.74. The molecule has 0 amide bonds. The lowest BCUT2D eigenvalue weighted by atomic mass is 10.0. The molecule has 3 aromatic rings. The molecule has 2 aliphatic rings. The molecule has 4 heterocycles. The minimum absolute atomic E-state index is 0.0135. The Balaban J connectivity index is 1.55. The van der Waals surface area contributed by atoms with Crippen molar-refractivity contribution in [3.05, 3.63) is 73.9 Å². The maximum absolute atomic E-state index is 14.6. The number of aromatic nitrogens is 4. The molecule has 5 rings (SSSR count). The van der Waals surface area contributed by atoms with Gasteiger partial charge < -0.3 is 9.64 Å². The maximum Gasteiger partial charge on any atom is 0.410 e. The third kappa shape index (κ3) is 6.69. The molecular weight excluding hydrogens is 605 g/mol. The Labute approximate surface area is 255 Å². The van der Waals surface area contributed by atoms with E-state index < -0.39 is 39.7 Å². The molecule has 0 spiro atoms. The van der Waals surface area contributed by atoms with Crippen LogP contribution in [0.25, 0.3) is 0 Å². The van der Waals surface area contributed by atoms with E-state index in [1.165, 1.54) is 10.9 Å². The molecule has 43 heavy (non-hydrogen) atoms. The second-order valence-corrected chi connectivity index (χ2v) is 14.3. The number of halogens is 4. The van der Waals surface area contributed by atoms with E-state index in [2.05, 4.69) is 14.9 Å². The monoisotopic (exact) mass is 640 g/mol. The van der Waals surface area contributed by atoms with Crippen molar-refractivity contribution in [1.29, 1.82) is 0 Å². The minimum Gasteiger partial charge on any atom is -0.364 e. The van der Waals surface area contributed by atoms with Crippen LogP contribution in [-0.2, 0) is 35.2 Å². The summed E-state index contributed by atoms with van der Waals surface area (Å²) in [5, 5.41) is 8.77. The van der Waals surface area contributed by atoms with Gasteiger partial charge in [-0.2, -0.15) is 28.1 Å². The highest BCUT2D eigenvalue weighted by molar-refractivity contribution is 7.84. The Hall–Kier alpha value is -2.74. The smallest absolute Gasteiger partial charge is 0.364 e. The SMILES string of the molecule is Cc1ccccc1Cn1nc(C(NS(=O)C(C)(C)C)C(F)(F)F)c2c1CCN(c1cnn(C3CCCCO3)c(=O)c1Cl)C2. The van der Waals surface area contributed by atoms with Gasteiger partial charge in [-0.15, -0.1) is 0 Å². The molecule has 9 nitrogen and oxygen atoms in total. The molecule has 1 aromatic carbocycles. The van der Waals surface area contributed by atoms with Gasteiger partial charge in [-0.3, -0.25) is 9.48 Å². The van der Waals surface area contributed by atoms with Gasteiger partial charge >= 0.3 is 6.18 Å². The topological polar surface area (TPSA) is 94.3 Å². The number of rotatable bonds is 7. The molecular formula is C29H36ClF3N6O3S. The molecule has 3 atom stereocenters. The first kappa shape index (κ1) is 31.7. The van der Waals surface area contributed by atoms with Gasteiger partial charge in [0, 0.05) is 37.4 Å². The first-order valence-electron chi connectivity index (χ1n) is 14.3. The summed E-state index contributed by atoms with van der Waals surface area (Å²) in [6.07, 6.45) is -1.01. The largest absolute Gasteiger partial charge is 0.410 e. The Morgan fingerprint density at radius 3 is 2.60 bits per heavy atom. The lowest BCUT2D eigenvalue weighted by Gasteiger charge is -2.32. The molecule has 1 fully saturated rings. The Kier molecular flexibility index (Phi) is 9.09. The fraction of sp³-hybridized carbons (Fsp3) is 0.552.